The van der Waals surface area contributed by atoms with Crippen molar-refractivity contribution < 1.29 is 23.5 Å². The predicted molar refractivity (Wildman–Crippen MR) is 142 cm³/mol. The third-order valence-corrected chi connectivity index (χ3v) is 6.44. The van der Waals surface area contributed by atoms with Gasteiger partial charge in [0.15, 0.2) is 11.4 Å². The second kappa shape index (κ2) is 9.94. The van der Waals surface area contributed by atoms with E-state index in [0.29, 0.717) is 16.9 Å². The molecule has 0 saturated carbocycles. The van der Waals surface area contributed by atoms with Crippen LogP contribution in [0.5, 0.6) is 5.75 Å². The van der Waals surface area contributed by atoms with Crippen LogP contribution in [0.25, 0.3) is 11.1 Å². The zero-order valence-electron chi connectivity index (χ0n) is 21.1. The van der Waals surface area contributed by atoms with Crippen molar-refractivity contribution in [2.45, 2.75) is 38.3 Å². The summed E-state index contributed by atoms with van der Waals surface area (Å²) in [7, 11) is 1.58. The fraction of sp³-hybridized carbons (Fsp3) is 0.286. The summed E-state index contributed by atoms with van der Waals surface area (Å²) in [4.78, 5) is 24.8. The first kappa shape index (κ1) is 26.3. The van der Waals surface area contributed by atoms with E-state index in [9.17, 15) is 9.59 Å². The molecule has 0 aliphatic carbocycles. The van der Waals surface area contributed by atoms with Gasteiger partial charge in [0.1, 0.15) is 12.4 Å². The van der Waals surface area contributed by atoms with Crippen molar-refractivity contribution >= 4 is 29.3 Å². The third kappa shape index (κ3) is 5.20. The van der Waals surface area contributed by atoms with Crippen molar-refractivity contribution in [2.24, 2.45) is 5.73 Å². The summed E-state index contributed by atoms with van der Waals surface area (Å²) in [5.41, 5.74) is 5.82. The van der Waals surface area contributed by atoms with Crippen molar-refractivity contribution in [3.63, 3.8) is 0 Å². The second-order valence-electron chi connectivity index (χ2n) is 9.95. The predicted octanol–water partition coefficient (Wildman–Crippen LogP) is 5.64. The molecule has 0 fully saturated rings. The number of carbonyl (C=O) groups excluding carboxylic acids is 2. The van der Waals surface area contributed by atoms with Crippen molar-refractivity contribution in [2.75, 3.05) is 19.0 Å². The van der Waals surface area contributed by atoms with E-state index in [4.69, 9.17) is 26.8 Å². The minimum atomic E-state index is -1.11. The molecule has 1 heterocycles. The number of ether oxygens (including phenoxy) is 2. The van der Waals surface area contributed by atoms with Gasteiger partial charge in [-0.1, -0.05) is 41.9 Å². The number of nitrogens with two attached hydrogens (primary N) is 1. The van der Waals surface area contributed by atoms with E-state index < -0.39 is 29.0 Å². The van der Waals surface area contributed by atoms with Crippen LogP contribution in [0.15, 0.2) is 54.6 Å². The monoisotopic (exact) mass is 525 g/mol. The molecule has 3 aromatic rings. The molecule has 1 aliphatic rings. The number of rotatable bonds is 6. The highest BCUT2D eigenvalue weighted by atomic mass is 35.5. The van der Waals surface area contributed by atoms with Crippen molar-refractivity contribution in [1.82, 2.24) is 5.32 Å². The van der Waals surface area contributed by atoms with Crippen LogP contribution >= 0.6 is 11.6 Å². The SMILES string of the molecule is CNc1ccc(C(N)=O)c(-c2c(Cl)ccc3c2CC(COC(=O)NC(C)(C)C)(c2ccccc2)O3)c1F. The standard InChI is InChI=1S/C28H29ClFN3O4/c1-27(2,3)33-26(35)36-15-28(16-8-6-5-7-9-16)14-18-21(37-28)13-11-19(29)22(18)23-17(25(31)34)10-12-20(32-4)24(23)30/h5-13,32H,14-15H2,1-4H3,(H2,31,34)(H,33,35). The Balaban J connectivity index is 1.84. The molecule has 0 spiro atoms. The fourth-order valence-electron chi connectivity index (χ4n) is 4.48. The van der Waals surface area contributed by atoms with Crippen molar-refractivity contribution in [3.05, 3.63) is 82.1 Å². The van der Waals surface area contributed by atoms with Gasteiger partial charge in [0.25, 0.3) is 0 Å². The summed E-state index contributed by atoms with van der Waals surface area (Å²) < 4.78 is 27.8. The molecule has 0 aromatic heterocycles. The molecule has 1 atom stereocenters. The second-order valence-corrected chi connectivity index (χ2v) is 10.4. The zero-order valence-corrected chi connectivity index (χ0v) is 21.8. The molecular weight excluding hydrogens is 497 g/mol. The molecule has 3 aromatic carbocycles. The molecule has 7 nitrogen and oxygen atoms in total. The summed E-state index contributed by atoms with van der Waals surface area (Å²) in [6.45, 7) is 5.43. The van der Waals surface area contributed by atoms with Crippen LogP contribution < -0.4 is 21.1 Å². The molecule has 0 saturated heterocycles. The lowest BCUT2D eigenvalue weighted by Gasteiger charge is -2.30. The van der Waals surface area contributed by atoms with Crippen molar-refractivity contribution in [3.8, 4) is 16.9 Å². The van der Waals surface area contributed by atoms with E-state index in [2.05, 4.69) is 10.6 Å². The Hall–Kier alpha value is -3.78. The van der Waals surface area contributed by atoms with Crippen LogP contribution in [0.2, 0.25) is 5.02 Å². The molecule has 194 valence electrons. The summed E-state index contributed by atoms with van der Waals surface area (Å²) in [5, 5.41) is 5.79. The van der Waals surface area contributed by atoms with Gasteiger partial charge in [-0.05, 0) is 50.6 Å². The number of anilines is 1. The average molecular weight is 526 g/mol. The number of alkyl carbamates (subject to hydrolysis) is 1. The van der Waals surface area contributed by atoms with Gasteiger partial charge in [0, 0.05) is 40.7 Å². The number of benzene rings is 3. The molecule has 4 rings (SSSR count). The van der Waals surface area contributed by atoms with E-state index in [-0.39, 0.29) is 34.9 Å². The summed E-state index contributed by atoms with van der Waals surface area (Å²) >= 11 is 6.64. The Bertz CT molecular complexity index is 1360. The molecule has 9 heteroatoms. The Morgan fingerprint density at radius 1 is 1.11 bits per heavy atom. The number of carbonyl (C=O) groups is 2. The molecule has 0 radical (unpaired) electrons. The molecule has 2 amide bonds. The van der Waals surface area contributed by atoms with Gasteiger partial charge in [-0.15, -0.1) is 0 Å². The van der Waals surface area contributed by atoms with Gasteiger partial charge in [0.05, 0.1) is 11.3 Å². The maximum atomic E-state index is 15.7. The number of amides is 2. The topological polar surface area (TPSA) is 103 Å². The average Bonchev–Trinajstić information content (AvgIpc) is 3.22. The first-order valence-corrected chi connectivity index (χ1v) is 12.1. The van der Waals surface area contributed by atoms with Crippen LogP contribution in [-0.4, -0.2) is 31.2 Å². The largest absolute Gasteiger partial charge is 0.478 e. The van der Waals surface area contributed by atoms with E-state index >= 15 is 4.39 Å². The minimum absolute atomic E-state index is 0.00943. The van der Waals surface area contributed by atoms with E-state index in [1.54, 1.807) is 19.2 Å². The number of nitrogens with one attached hydrogen (secondary N) is 2. The fourth-order valence-corrected chi connectivity index (χ4v) is 4.76. The highest BCUT2D eigenvalue weighted by Gasteiger charge is 2.45. The van der Waals surface area contributed by atoms with Crippen LogP contribution in [0.3, 0.4) is 0 Å². The Kier molecular flexibility index (Phi) is 7.06. The Morgan fingerprint density at radius 3 is 2.43 bits per heavy atom. The van der Waals surface area contributed by atoms with E-state index in [0.717, 1.165) is 5.56 Å². The number of hydrogen-bond acceptors (Lipinski definition) is 5. The first-order valence-electron chi connectivity index (χ1n) is 11.8. The molecule has 4 N–H and O–H groups in total. The number of fused-ring (bicyclic) bond motifs is 1. The summed E-state index contributed by atoms with van der Waals surface area (Å²) in [5.74, 6) is -1.01. The molecule has 37 heavy (non-hydrogen) atoms. The lowest BCUT2D eigenvalue weighted by atomic mass is 9.85. The van der Waals surface area contributed by atoms with E-state index in [1.165, 1.54) is 12.1 Å². The van der Waals surface area contributed by atoms with Crippen LogP contribution in [-0.2, 0) is 16.8 Å². The maximum Gasteiger partial charge on any atom is 0.407 e. The van der Waals surface area contributed by atoms with Crippen molar-refractivity contribution in [1.29, 1.82) is 0 Å². The van der Waals surface area contributed by atoms with E-state index in [1.807, 2.05) is 51.1 Å². The van der Waals surface area contributed by atoms with Gasteiger partial charge in [-0.2, -0.15) is 0 Å². The molecule has 0 bridgehead atoms. The Morgan fingerprint density at radius 2 is 1.81 bits per heavy atom. The third-order valence-electron chi connectivity index (χ3n) is 6.13. The minimum Gasteiger partial charge on any atom is -0.478 e. The number of hydrogen-bond donors (Lipinski definition) is 3. The zero-order chi connectivity index (χ0) is 27.0. The molecular formula is C28H29ClFN3O4. The summed E-state index contributed by atoms with van der Waals surface area (Å²) in [6.07, 6.45) is -0.392. The van der Waals surface area contributed by atoms with Gasteiger partial charge < -0.3 is 25.8 Å². The lowest BCUT2D eigenvalue weighted by Crippen LogP contribution is -2.44. The first-order chi connectivity index (χ1) is 17.5. The molecule has 1 unspecified atom stereocenters. The van der Waals surface area contributed by atoms with Crippen LogP contribution in [0.4, 0.5) is 14.9 Å². The van der Waals surface area contributed by atoms with Crippen LogP contribution in [0.1, 0.15) is 42.3 Å². The van der Waals surface area contributed by atoms with Gasteiger partial charge in [-0.3, -0.25) is 4.79 Å². The quantitative estimate of drug-likeness (QED) is 0.386. The highest BCUT2D eigenvalue weighted by Crippen LogP contribution is 2.49. The maximum absolute atomic E-state index is 15.7. The number of primary amides is 1. The summed E-state index contributed by atoms with van der Waals surface area (Å²) in [6, 6.07) is 15.5. The van der Waals surface area contributed by atoms with Gasteiger partial charge >= 0.3 is 6.09 Å². The smallest absolute Gasteiger partial charge is 0.407 e. The van der Waals surface area contributed by atoms with Crippen LogP contribution in [0, 0.1) is 5.82 Å². The highest BCUT2D eigenvalue weighted by molar-refractivity contribution is 6.34. The Labute approximate surface area is 220 Å². The molecule has 1 aliphatic heterocycles. The number of halogens is 2. The van der Waals surface area contributed by atoms with Gasteiger partial charge in [-0.25, -0.2) is 9.18 Å². The normalized spacial score (nSPS) is 16.5. The lowest BCUT2D eigenvalue weighted by molar-refractivity contribution is 0.0102. The van der Waals surface area contributed by atoms with Gasteiger partial charge in [0.2, 0.25) is 5.91 Å².